The van der Waals surface area contributed by atoms with Gasteiger partial charge in [-0.25, -0.2) is 14.6 Å². The Balaban J connectivity index is 1.45. The van der Waals surface area contributed by atoms with Gasteiger partial charge in [0.15, 0.2) is 5.82 Å². The molecule has 2 aromatic rings. The van der Waals surface area contributed by atoms with E-state index in [0.717, 1.165) is 12.5 Å². The molecule has 0 saturated heterocycles. The molecule has 4 rings (SSSR count). The topological polar surface area (TPSA) is 72.7 Å². The largest absolute Gasteiger partial charge is 0.351 e. The Morgan fingerprint density at radius 3 is 2.91 bits per heavy atom. The van der Waals surface area contributed by atoms with E-state index in [1.807, 2.05) is 0 Å². The van der Waals surface area contributed by atoms with E-state index in [0.29, 0.717) is 16.8 Å². The fourth-order valence-electron chi connectivity index (χ4n) is 3.43. The second-order valence-electron chi connectivity index (χ2n) is 6.42. The average molecular weight is 297 g/mol. The summed E-state index contributed by atoms with van der Waals surface area (Å²) in [5, 5.41) is 7.16. The first-order valence-corrected chi connectivity index (χ1v) is 7.86. The number of carbonyl (C=O) groups is 1. The second-order valence-corrected chi connectivity index (χ2v) is 6.42. The summed E-state index contributed by atoms with van der Waals surface area (Å²) in [4.78, 5) is 20.5. The Hall–Kier alpha value is -2.24. The fraction of sp³-hybridized carbons (Fsp3) is 0.500. The van der Waals surface area contributed by atoms with Crippen LogP contribution in [0.1, 0.15) is 42.5 Å². The van der Waals surface area contributed by atoms with Crippen molar-refractivity contribution in [3.63, 3.8) is 0 Å². The van der Waals surface area contributed by atoms with Gasteiger partial charge < -0.3 is 5.32 Å². The molecule has 0 atom stereocenters. The summed E-state index contributed by atoms with van der Waals surface area (Å²) < 4.78 is 1.55. The van der Waals surface area contributed by atoms with Crippen LogP contribution in [0.4, 0.5) is 0 Å². The van der Waals surface area contributed by atoms with Crippen molar-refractivity contribution >= 4 is 5.91 Å². The Bertz CT molecular complexity index is 674. The van der Waals surface area contributed by atoms with Crippen LogP contribution in [0.25, 0.3) is 5.82 Å². The first-order chi connectivity index (χ1) is 10.8. The van der Waals surface area contributed by atoms with E-state index < -0.39 is 0 Å². The van der Waals surface area contributed by atoms with E-state index in [2.05, 4.69) is 20.4 Å². The van der Waals surface area contributed by atoms with E-state index in [9.17, 15) is 4.79 Å². The van der Waals surface area contributed by atoms with Crippen LogP contribution >= 0.6 is 0 Å². The molecule has 2 aliphatic carbocycles. The van der Waals surface area contributed by atoms with Gasteiger partial charge in [0.05, 0.1) is 0 Å². The average Bonchev–Trinajstić information content (AvgIpc) is 3.20. The smallest absolute Gasteiger partial charge is 0.251 e. The molecule has 0 bridgehead atoms. The highest BCUT2D eigenvalue weighted by atomic mass is 16.1. The van der Waals surface area contributed by atoms with Gasteiger partial charge in [0.1, 0.15) is 12.7 Å². The first-order valence-electron chi connectivity index (χ1n) is 7.86. The zero-order valence-electron chi connectivity index (χ0n) is 12.4. The number of amides is 1. The van der Waals surface area contributed by atoms with Gasteiger partial charge in [0.2, 0.25) is 0 Å². The number of hydrogen-bond acceptors (Lipinski definition) is 4. The van der Waals surface area contributed by atoms with Crippen molar-refractivity contribution in [1.82, 2.24) is 25.1 Å². The van der Waals surface area contributed by atoms with Crippen LogP contribution in [0.5, 0.6) is 0 Å². The lowest BCUT2D eigenvalue weighted by molar-refractivity contribution is 0.0781. The summed E-state index contributed by atoms with van der Waals surface area (Å²) in [5.41, 5.74) is 1.00. The molecule has 22 heavy (non-hydrogen) atoms. The lowest BCUT2D eigenvalue weighted by atomic mass is 9.65. The van der Waals surface area contributed by atoms with Gasteiger partial charge in [0, 0.05) is 18.3 Å². The number of aromatic nitrogens is 4. The summed E-state index contributed by atoms with van der Waals surface area (Å²) in [5.74, 6) is 1.41. The minimum atomic E-state index is -0.0318. The van der Waals surface area contributed by atoms with Gasteiger partial charge in [-0.1, -0.05) is 6.42 Å². The van der Waals surface area contributed by atoms with Gasteiger partial charge in [-0.05, 0) is 49.1 Å². The van der Waals surface area contributed by atoms with Crippen LogP contribution in [0.2, 0.25) is 0 Å². The van der Waals surface area contributed by atoms with Crippen molar-refractivity contribution in [3.05, 3.63) is 36.5 Å². The maximum Gasteiger partial charge on any atom is 0.251 e. The van der Waals surface area contributed by atoms with Crippen molar-refractivity contribution in [1.29, 1.82) is 0 Å². The van der Waals surface area contributed by atoms with Crippen LogP contribution in [0.3, 0.4) is 0 Å². The molecule has 0 radical (unpaired) electrons. The zero-order valence-corrected chi connectivity index (χ0v) is 12.4. The lowest BCUT2D eigenvalue weighted by Crippen LogP contribution is -2.43. The van der Waals surface area contributed by atoms with Gasteiger partial charge in [-0.2, -0.15) is 5.10 Å². The third-order valence-electron chi connectivity index (χ3n) is 5.05. The van der Waals surface area contributed by atoms with Crippen molar-refractivity contribution in [2.24, 2.45) is 11.3 Å². The van der Waals surface area contributed by atoms with Crippen LogP contribution in [0, 0.1) is 11.3 Å². The molecule has 0 unspecified atom stereocenters. The van der Waals surface area contributed by atoms with Crippen LogP contribution < -0.4 is 5.32 Å². The molecule has 0 aromatic carbocycles. The van der Waals surface area contributed by atoms with E-state index in [4.69, 9.17) is 0 Å². The normalized spacial score (nSPS) is 19.5. The molecule has 2 aliphatic rings. The zero-order chi connectivity index (χ0) is 15.0. The van der Waals surface area contributed by atoms with E-state index in [1.54, 1.807) is 29.3 Å². The highest BCUT2D eigenvalue weighted by Gasteiger charge is 2.48. The number of hydrogen-bond donors (Lipinski definition) is 1. The number of nitrogens with zero attached hydrogens (tertiary/aromatic N) is 4. The minimum absolute atomic E-state index is 0.0318. The maximum absolute atomic E-state index is 12.4. The summed E-state index contributed by atoms with van der Waals surface area (Å²) in [7, 11) is 0. The van der Waals surface area contributed by atoms with E-state index >= 15 is 0 Å². The second kappa shape index (κ2) is 5.19. The SMILES string of the molecule is O=C(NCC1(C2CC2)CCC1)c1ccnc(-n2cncn2)c1. The van der Waals surface area contributed by atoms with Crippen LogP contribution in [0.15, 0.2) is 31.0 Å². The highest BCUT2D eigenvalue weighted by molar-refractivity contribution is 5.94. The molecule has 2 saturated carbocycles. The standard InChI is InChI=1S/C16H19N5O/c22-15(19-9-16(5-1-6-16)13-2-3-13)12-4-7-18-14(8-12)21-11-17-10-20-21/h4,7-8,10-11,13H,1-3,5-6,9H2,(H,19,22). The van der Waals surface area contributed by atoms with Crippen molar-refractivity contribution in [3.8, 4) is 5.82 Å². The number of carbonyl (C=O) groups excluding carboxylic acids is 1. The number of nitrogens with one attached hydrogen (secondary N) is 1. The number of rotatable bonds is 5. The molecule has 6 heteroatoms. The molecule has 0 aliphatic heterocycles. The Labute approximate surface area is 129 Å². The highest BCUT2D eigenvalue weighted by Crippen LogP contribution is 2.56. The van der Waals surface area contributed by atoms with E-state index in [1.165, 1.54) is 38.4 Å². The van der Waals surface area contributed by atoms with Gasteiger partial charge >= 0.3 is 0 Å². The molecular formula is C16H19N5O. The molecule has 1 amide bonds. The lowest BCUT2D eigenvalue weighted by Gasteiger charge is -2.42. The quantitative estimate of drug-likeness (QED) is 0.916. The summed E-state index contributed by atoms with van der Waals surface area (Å²) in [6.45, 7) is 0.803. The Kier molecular flexibility index (Phi) is 3.17. The fourth-order valence-corrected chi connectivity index (χ4v) is 3.43. The maximum atomic E-state index is 12.4. The monoisotopic (exact) mass is 297 g/mol. The molecule has 2 fully saturated rings. The van der Waals surface area contributed by atoms with Crippen molar-refractivity contribution in [2.45, 2.75) is 32.1 Å². The molecule has 2 heterocycles. The first kappa shape index (κ1) is 13.4. The summed E-state index contributed by atoms with van der Waals surface area (Å²) in [6.07, 6.45) is 11.1. The minimum Gasteiger partial charge on any atom is -0.351 e. The van der Waals surface area contributed by atoms with Crippen LogP contribution in [-0.2, 0) is 0 Å². The molecule has 114 valence electrons. The number of pyridine rings is 1. The Morgan fingerprint density at radius 2 is 2.27 bits per heavy atom. The molecular weight excluding hydrogens is 278 g/mol. The molecule has 0 spiro atoms. The predicted molar refractivity (Wildman–Crippen MR) is 80.5 cm³/mol. The predicted octanol–water partition coefficient (Wildman–Crippen LogP) is 1.97. The van der Waals surface area contributed by atoms with Gasteiger partial charge in [-0.3, -0.25) is 4.79 Å². The third kappa shape index (κ3) is 2.38. The van der Waals surface area contributed by atoms with Crippen LogP contribution in [-0.4, -0.2) is 32.2 Å². The summed E-state index contributed by atoms with van der Waals surface area (Å²) >= 11 is 0. The van der Waals surface area contributed by atoms with Gasteiger partial charge in [-0.15, -0.1) is 0 Å². The van der Waals surface area contributed by atoms with Gasteiger partial charge in [0.25, 0.3) is 5.91 Å². The van der Waals surface area contributed by atoms with E-state index in [-0.39, 0.29) is 5.91 Å². The van der Waals surface area contributed by atoms with Crippen molar-refractivity contribution < 1.29 is 4.79 Å². The van der Waals surface area contributed by atoms with Crippen molar-refractivity contribution in [2.75, 3.05) is 6.54 Å². The molecule has 1 N–H and O–H groups in total. The molecule has 2 aromatic heterocycles. The molecule has 6 nitrogen and oxygen atoms in total. The summed E-state index contributed by atoms with van der Waals surface area (Å²) in [6, 6.07) is 3.48. The Morgan fingerprint density at radius 1 is 1.41 bits per heavy atom. The third-order valence-corrected chi connectivity index (χ3v) is 5.05.